The third-order valence-corrected chi connectivity index (χ3v) is 6.05. The summed E-state index contributed by atoms with van der Waals surface area (Å²) in [4.78, 5) is 12.3. The van der Waals surface area contributed by atoms with Crippen LogP contribution in [-0.4, -0.2) is 67.6 Å². The first-order chi connectivity index (χ1) is 12.7. The monoisotopic (exact) mass is 612 g/mol. The maximum absolute atomic E-state index is 4.89. The second kappa shape index (κ2) is 15.8. The van der Waals surface area contributed by atoms with Crippen molar-refractivity contribution in [2.75, 3.05) is 57.8 Å². The molecule has 166 valence electrons. The fraction of sp³-hybridized carbons (Fsp3) is 0.571. The topological polar surface area (TPSA) is 22.6 Å². The van der Waals surface area contributed by atoms with Crippen LogP contribution in [0.4, 0.5) is 5.13 Å². The van der Waals surface area contributed by atoms with Gasteiger partial charge in [0.25, 0.3) is 0 Å². The third kappa shape index (κ3) is 9.78. The first kappa shape index (κ1) is 29.0. The zero-order valence-corrected chi connectivity index (χ0v) is 23.4. The van der Waals surface area contributed by atoms with E-state index >= 15 is 0 Å². The lowest BCUT2D eigenvalue weighted by Gasteiger charge is -2.34. The highest BCUT2D eigenvalue weighted by molar-refractivity contribution is 8.93. The molecular weight excluding hydrogens is 580 g/mol. The number of hydrogen-bond acceptors (Lipinski definition) is 5. The van der Waals surface area contributed by atoms with Gasteiger partial charge in [-0.3, -0.25) is 4.90 Å². The Kier molecular flexibility index (Phi) is 15.8. The minimum Gasteiger partial charge on any atom is -0.346 e. The van der Waals surface area contributed by atoms with Gasteiger partial charge in [-0.1, -0.05) is 37.3 Å². The number of rotatable bonds is 9. The Hall–Kier alpha value is 0.01000. The fourth-order valence-electron chi connectivity index (χ4n) is 3.42. The first-order valence-electron chi connectivity index (χ1n) is 9.89. The fourth-order valence-corrected chi connectivity index (χ4v) is 4.33. The van der Waals surface area contributed by atoms with Crippen LogP contribution in [0, 0.1) is 0 Å². The average Bonchev–Trinajstić information content (AvgIpc) is 3.15. The molecule has 1 aromatic carbocycles. The van der Waals surface area contributed by atoms with E-state index in [9.17, 15) is 0 Å². The summed E-state index contributed by atoms with van der Waals surface area (Å²) in [6.07, 6.45) is 3.40. The Labute approximate surface area is 212 Å². The van der Waals surface area contributed by atoms with E-state index in [1.807, 2.05) is 11.3 Å². The van der Waals surface area contributed by atoms with Crippen LogP contribution in [0.5, 0.6) is 0 Å². The molecule has 0 bridgehead atoms. The van der Waals surface area contributed by atoms with Crippen LogP contribution < -0.4 is 4.90 Å². The number of piperazine rings is 1. The maximum atomic E-state index is 4.89. The van der Waals surface area contributed by atoms with Crippen LogP contribution in [0.2, 0.25) is 0 Å². The predicted molar refractivity (Wildman–Crippen MR) is 143 cm³/mol. The summed E-state index contributed by atoms with van der Waals surface area (Å²) >= 11 is 1.81. The van der Waals surface area contributed by atoms with E-state index < -0.39 is 0 Å². The molecule has 0 amide bonds. The van der Waals surface area contributed by atoms with Gasteiger partial charge < -0.3 is 9.80 Å². The van der Waals surface area contributed by atoms with Crippen LogP contribution in [0.3, 0.4) is 0 Å². The molecule has 0 unspecified atom stereocenters. The Morgan fingerprint density at radius 3 is 2.28 bits per heavy atom. The van der Waals surface area contributed by atoms with Crippen molar-refractivity contribution < 1.29 is 0 Å². The van der Waals surface area contributed by atoms with Crippen LogP contribution in [0.1, 0.15) is 24.6 Å². The maximum Gasteiger partial charge on any atom is 0.185 e. The van der Waals surface area contributed by atoms with Crippen molar-refractivity contribution in [3.8, 4) is 0 Å². The van der Waals surface area contributed by atoms with Crippen LogP contribution in [0.15, 0.2) is 35.7 Å². The van der Waals surface area contributed by atoms with Crippen molar-refractivity contribution >= 4 is 67.4 Å². The van der Waals surface area contributed by atoms with E-state index in [1.54, 1.807) is 0 Å². The van der Waals surface area contributed by atoms with E-state index in [4.69, 9.17) is 4.98 Å². The molecule has 1 aliphatic rings. The number of halogens is 3. The second-order valence-electron chi connectivity index (χ2n) is 7.24. The van der Waals surface area contributed by atoms with Gasteiger partial charge in [-0.2, -0.15) is 0 Å². The van der Waals surface area contributed by atoms with Gasteiger partial charge in [-0.15, -0.1) is 62.3 Å². The molecule has 1 aliphatic heterocycles. The summed E-state index contributed by atoms with van der Waals surface area (Å²) in [5.74, 6) is 0. The summed E-state index contributed by atoms with van der Waals surface area (Å²) in [5, 5.41) is 3.46. The number of likely N-dealkylation sites (N-methyl/N-ethyl adjacent to an activating group) is 1. The van der Waals surface area contributed by atoms with Gasteiger partial charge in [0.15, 0.2) is 5.13 Å². The summed E-state index contributed by atoms with van der Waals surface area (Å²) in [6, 6.07) is 10.7. The normalized spacial score (nSPS) is 14.1. The lowest BCUT2D eigenvalue weighted by atomic mass is 10.1. The molecule has 0 radical (unpaired) electrons. The highest BCUT2D eigenvalue weighted by atomic mass is 79.9. The number of hydrogen-bond donors (Lipinski definition) is 0. The Morgan fingerprint density at radius 1 is 0.966 bits per heavy atom. The smallest absolute Gasteiger partial charge is 0.185 e. The highest BCUT2D eigenvalue weighted by Crippen LogP contribution is 2.22. The van der Waals surface area contributed by atoms with Gasteiger partial charge in [-0.05, 0) is 32.0 Å². The minimum atomic E-state index is 0. The number of anilines is 1. The number of nitrogens with zero attached hydrogens (tertiary/aromatic N) is 4. The van der Waals surface area contributed by atoms with Gasteiger partial charge in [0, 0.05) is 51.1 Å². The summed E-state index contributed by atoms with van der Waals surface area (Å²) in [5.41, 5.74) is 2.66. The Morgan fingerprint density at radius 2 is 1.62 bits per heavy atom. The van der Waals surface area contributed by atoms with Crippen molar-refractivity contribution in [3.63, 3.8) is 0 Å². The Balaban J connectivity index is 0.00000261. The molecule has 1 aromatic heterocycles. The Bertz CT molecular complexity index is 648. The molecule has 0 spiro atoms. The highest BCUT2D eigenvalue weighted by Gasteiger charge is 2.18. The molecule has 4 nitrogen and oxygen atoms in total. The SMILES string of the molecule is Br.Br.Br.CCCN1CCN(c2nc(CCN(C)CCc3ccccc3)cs2)CC1. The largest absolute Gasteiger partial charge is 0.346 e. The van der Waals surface area contributed by atoms with Gasteiger partial charge in [0.1, 0.15) is 0 Å². The summed E-state index contributed by atoms with van der Waals surface area (Å²) in [7, 11) is 2.21. The van der Waals surface area contributed by atoms with E-state index in [0.717, 1.165) is 39.0 Å². The molecule has 8 heteroatoms. The summed E-state index contributed by atoms with van der Waals surface area (Å²) < 4.78 is 0. The van der Waals surface area contributed by atoms with E-state index in [1.165, 1.54) is 42.4 Å². The molecule has 2 heterocycles. The first-order valence-corrected chi connectivity index (χ1v) is 10.8. The van der Waals surface area contributed by atoms with Crippen LogP contribution >= 0.6 is 62.3 Å². The lowest BCUT2D eigenvalue weighted by Crippen LogP contribution is -2.46. The molecule has 2 aromatic rings. The van der Waals surface area contributed by atoms with Gasteiger partial charge in [0.05, 0.1) is 5.69 Å². The van der Waals surface area contributed by atoms with Crippen molar-refractivity contribution in [3.05, 3.63) is 47.0 Å². The second-order valence-corrected chi connectivity index (χ2v) is 8.08. The third-order valence-electron chi connectivity index (χ3n) is 5.10. The standard InChI is InChI=1S/C21H32N4S.3BrH/c1-3-11-24-14-16-25(17-15-24)21-22-20(18-26-21)10-13-23(2)12-9-19-7-5-4-6-8-19;;;/h4-8,18H,3,9-17H2,1-2H3;3*1H. The van der Waals surface area contributed by atoms with E-state index in [0.29, 0.717) is 0 Å². The van der Waals surface area contributed by atoms with E-state index in [2.05, 4.69) is 64.4 Å². The zero-order chi connectivity index (χ0) is 18.2. The van der Waals surface area contributed by atoms with Gasteiger partial charge in [-0.25, -0.2) is 4.98 Å². The predicted octanol–water partition coefficient (Wildman–Crippen LogP) is 5.13. The molecule has 0 atom stereocenters. The lowest BCUT2D eigenvalue weighted by molar-refractivity contribution is 0.258. The molecule has 29 heavy (non-hydrogen) atoms. The van der Waals surface area contributed by atoms with Crippen molar-refractivity contribution in [2.24, 2.45) is 0 Å². The zero-order valence-electron chi connectivity index (χ0n) is 17.5. The molecule has 3 rings (SSSR count). The molecule has 0 N–H and O–H groups in total. The van der Waals surface area contributed by atoms with Crippen molar-refractivity contribution in [1.29, 1.82) is 0 Å². The van der Waals surface area contributed by atoms with Crippen LogP contribution in [-0.2, 0) is 12.8 Å². The summed E-state index contributed by atoms with van der Waals surface area (Å²) in [6.45, 7) is 10.2. The van der Waals surface area contributed by atoms with Gasteiger partial charge >= 0.3 is 0 Å². The van der Waals surface area contributed by atoms with Crippen molar-refractivity contribution in [2.45, 2.75) is 26.2 Å². The van der Waals surface area contributed by atoms with Gasteiger partial charge in [0.2, 0.25) is 0 Å². The number of benzene rings is 1. The molecule has 1 saturated heterocycles. The number of aromatic nitrogens is 1. The number of thiazole rings is 1. The van der Waals surface area contributed by atoms with Crippen LogP contribution in [0.25, 0.3) is 0 Å². The minimum absolute atomic E-state index is 0. The van der Waals surface area contributed by atoms with Crippen molar-refractivity contribution in [1.82, 2.24) is 14.8 Å². The molecular formula is C21H35Br3N4S. The average molecular weight is 615 g/mol. The molecule has 0 aliphatic carbocycles. The quantitative estimate of drug-likeness (QED) is 0.391. The van der Waals surface area contributed by atoms with E-state index in [-0.39, 0.29) is 50.9 Å². The molecule has 0 saturated carbocycles. The molecule has 1 fully saturated rings.